The van der Waals surface area contributed by atoms with Crippen LogP contribution in [-0.2, 0) is 4.74 Å². The molecule has 0 radical (unpaired) electrons. The Labute approximate surface area is 74.8 Å². The highest BCUT2D eigenvalue weighted by molar-refractivity contribution is 4.80. The third kappa shape index (κ3) is 7.30. The summed E-state index contributed by atoms with van der Waals surface area (Å²) >= 11 is 0. The first kappa shape index (κ1) is 11.2. The SMILES string of the molecule is CC/C=C\CCOCC(C)C#N. The summed E-state index contributed by atoms with van der Waals surface area (Å²) in [7, 11) is 0. The number of hydrogen-bond acceptors (Lipinski definition) is 2. The average Bonchev–Trinajstić information content (AvgIpc) is 2.10. The van der Waals surface area contributed by atoms with Gasteiger partial charge in [-0.05, 0) is 19.8 Å². The minimum absolute atomic E-state index is 0.0140. The molecule has 0 aliphatic heterocycles. The van der Waals surface area contributed by atoms with E-state index >= 15 is 0 Å². The number of ether oxygens (including phenoxy) is 1. The van der Waals surface area contributed by atoms with Gasteiger partial charge in [0.1, 0.15) is 0 Å². The molecular formula is C10H17NO. The number of nitriles is 1. The van der Waals surface area contributed by atoms with Crippen molar-refractivity contribution in [3.8, 4) is 6.07 Å². The minimum atomic E-state index is 0.0140. The first-order valence-corrected chi connectivity index (χ1v) is 4.43. The van der Waals surface area contributed by atoms with E-state index in [2.05, 4.69) is 25.1 Å². The Kier molecular flexibility index (Phi) is 7.73. The second-order valence-electron chi connectivity index (χ2n) is 2.77. The molecule has 0 saturated heterocycles. The molecule has 2 heteroatoms. The molecule has 2 nitrogen and oxygen atoms in total. The summed E-state index contributed by atoms with van der Waals surface area (Å²) in [5.74, 6) is 0.0140. The fourth-order valence-electron chi connectivity index (χ4n) is 0.733. The second-order valence-corrected chi connectivity index (χ2v) is 2.77. The lowest BCUT2D eigenvalue weighted by Crippen LogP contribution is -2.03. The van der Waals surface area contributed by atoms with Gasteiger partial charge in [-0.3, -0.25) is 0 Å². The molecule has 0 N–H and O–H groups in total. The summed E-state index contributed by atoms with van der Waals surface area (Å²) in [6.07, 6.45) is 6.26. The molecular weight excluding hydrogens is 150 g/mol. The van der Waals surface area contributed by atoms with Crippen LogP contribution in [0, 0.1) is 17.2 Å². The van der Waals surface area contributed by atoms with E-state index in [1.165, 1.54) is 0 Å². The molecule has 0 aromatic rings. The molecule has 0 aromatic carbocycles. The molecule has 0 amide bonds. The lowest BCUT2D eigenvalue weighted by molar-refractivity contribution is 0.123. The highest BCUT2D eigenvalue weighted by atomic mass is 16.5. The van der Waals surface area contributed by atoms with Crippen LogP contribution in [0.5, 0.6) is 0 Å². The second kappa shape index (κ2) is 8.29. The van der Waals surface area contributed by atoms with E-state index in [9.17, 15) is 0 Å². The summed E-state index contributed by atoms with van der Waals surface area (Å²) in [6.45, 7) is 5.25. The number of nitrogens with zero attached hydrogens (tertiary/aromatic N) is 1. The predicted octanol–water partition coefficient (Wildman–Crippen LogP) is 2.52. The van der Waals surface area contributed by atoms with Crippen LogP contribution < -0.4 is 0 Å². The predicted molar refractivity (Wildman–Crippen MR) is 49.6 cm³/mol. The van der Waals surface area contributed by atoms with Crippen LogP contribution >= 0.6 is 0 Å². The van der Waals surface area contributed by atoms with Crippen molar-refractivity contribution in [3.63, 3.8) is 0 Å². The molecule has 0 rings (SSSR count). The number of allylic oxidation sites excluding steroid dienone is 1. The molecule has 1 atom stereocenters. The summed E-state index contributed by atoms with van der Waals surface area (Å²) in [6, 6.07) is 2.12. The van der Waals surface area contributed by atoms with E-state index in [1.54, 1.807) is 0 Å². The van der Waals surface area contributed by atoms with E-state index < -0.39 is 0 Å². The molecule has 0 bridgehead atoms. The van der Waals surface area contributed by atoms with Gasteiger partial charge in [0.05, 0.1) is 25.2 Å². The molecule has 0 spiro atoms. The fraction of sp³-hybridized carbons (Fsp3) is 0.700. The normalized spacial score (nSPS) is 13.1. The summed E-state index contributed by atoms with van der Waals surface area (Å²) < 4.78 is 5.26. The maximum atomic E-state index is 8.43. The van der Waals surface area contributed by atoms with Crippen molar-refractivity contribution in [2.45, 2.75) is 26.7 Å². The van der Waals surface area contributed by atoms with Crippen molar-refractivity contribution in [1.82, 2.24) is 0 Å². The zero-order chi connectivity index (χ0) is 9.23. The zero-order valence-electron chi connectivity index (χ0n) is 7.92. The maximum absolute atomic E-state index is 8.43. The Hall–Kier alpha value is -0.810. The summed E-state index contributed by atoms with van der Waals surface area (Å²) in [5, 5.41) is 8.43. The Bertz CT molecular complexity index is 158. The van der Waals surface area contributed by atoms with Gasteiger partial charge in [0.15, 0.2) is 0 Å². The van der Waals surface area contributed by atoms with Gasteiger partial charge in [-0.1, -0.05) is 19.1 Å². The standard InChI is InChI=1S/C10H17NO/c1-3-4-5-6-7-12-9-10(2)8-11/h4-5,10H,3,6-7,9H2,1-2H3/b5-4-. The van der Waals surface area contributed by atoms with E-state index in [4.69, 9.17) is 10.00 Å². The van der Waals surface area contributed by atoms with Crippen LogP contribution in [0.4, 0.5) is 0 Å². The lowest BCUT2D eigenvalue weighted by Gasteiger charge is -2.02. The quantitative estimate of drug-likeness (QED) is 0.450. The van der Waals surface area contributed by atoms with Crippen LogP contribution in [-0.4, -0.2) is 13.2 Å². The number of hydrogen-bond donors (Lipinski definition) is 0. The van der Waals surface area contributed by atoms with Crippen molar-refractivity contribution in [2.75, 3.05) is 13.2 Å². The van der Waals surface area contributed by atoms with Gasteiger partial charge in [0, 0.05) is 0 Å². The van der Waals surface area contributed by atoms with Gasteiger partial charge >= 0.3 is 0 Å². The van der Waals surface area contributed by atoms with Crippen molar-refractivity contribution in [1.29, 1.82) is 5.26 Å². The molecule has 1 unspecified atom stereocenters. The van der Waals surface area contributed by atoms with Crippen molar-refractivity contribution < 1.29 is 4.74 Å². The first-order chi connectivity index (χ1) is 5.81. The third-order valence-electron chi connectivity index (χ3n) is 1.42. The Morgan fingerprint density at radius 2 is 2.25 bits per heavy atom. The average molecular weight is 167 g/mol. The third-order valence-corrected chi connectivity index (χ3v) is 1.42. The molecule has 0 aromatic heterocycles. The van der Waals surface area contributed by atoms with Gasteiger partial charge < -0.3 is 4.74 Å². The number of rotatable bonds is 6. The van der Waals surface area contributed by atoms with Crippen LogP contribution in [0.2, 0.25) is 0 Å². The van der Waals surface area contributed by atoms with Crippen LogP contribution in [0.3, 0.4) is 0 Å². The van der Waals surface area contributed by atoms with E-state index in [0.29, 0.717) is 6.61 Å². The molecule has 0 aliphatic rings. The monoisotopic (exact) mass is 167 g/mol. The van der Waals surface area contributed by atoms with Gasteiger partial charge in [-0.2, -0.15) is 5.26 Å². The van der Waals surface area contributed by atoms with E-state index in [1.807, 2.05) is 6.92 Å². The smallest absolute Gasteiger partial charge is 0.0677 e. The minimum Gasteiger partial charge on any atom is -0.380 e. The largest absolute Gasteiger partial charge is 0.380 e. The van der Waals surface area contributed by atoms with Gasteiger partial charge in [-0.15, -0.1) is 0 Å². The Morgan fingerprint density at radius 1 is 1.50 bits per heavy atom. The van der Waals surface area contributed by atoms with Crippen molar-refractivity contribution in [2.24, 2.45) is 5.92 Å². The van der Waals surface area contributed by atoms with Gasteiger partial charge in [0.2, 0.25) is 0 Å². The Morgan fingerprint density at radius 3 is 2.83 bits per heavy atom. The summed E-state index contributed by atoms with van der Waals surface area (Å²) in [5.41, 5.74) is 0. The van der Waals surface area contributed by atoms with E-state index in [-0.39, 0.29) is 5.92 Å². The zero-order valence-corrected chi connectivity index (χ0v) is 7.92. The van der Waals surface area contributed by atoms with Crippen LogP contribution in [0.25, 0.3) is 0 Å². The molecule has 0 heterocycles. The molecule has 0 fully saturated rings. The molecule has 0 aliphatic carbocycles. The van der Waals surface area contributed by atoms with Gasteiger partial charge in [-0.25, -0.2) is 0 Å². The molecule has 0 saturated carbocycles. The van der Waals surface area contributed by atoms with Gasteiger partial charge in [0.25, 0.3) is 0 Å². The molecule has 12 heavy (non-hydrogen) atoms. The summed E-state index contributed by atoms with van der Waals surface area (Å²) in [4.78, 5) is 0. The van der Waals surface area contributed by atoms with Crippen molar-refractivity contribution in [3.05, 3.63) is 12.2 Å². The maximum Gasteiger partial charge on any atom is 0.0677 e. The highest BCUT2D eigenvalue weighted by Gasteiger charge is 1.96. The topological polar surface area (TPSA) is 33.0 Å². The molecule has 68 valence electrons. The fourth-order valence-corrected chi connectivity index (χ4v) is 0.733. The Balaban J connectivity index is 3.12. The van der Waals surface area contributed by atoms with Crippen LogP contribution in [0.1, 0.15) is 26.7 Å². The van der Waals surface area contributed by atoms with Crippen molar-refractivity contribution >= 4 is 0 Å². The highest BCUT2D eigenvalue weighted by Crippen LogP contribution is 1.94. The van der Waals surface area contributed by atoms with E-state index in [0.717, 1.165) is 19.4 Å². The van der Waals surface area contributed by atoms with Crippen LogP contribution in [0.15, 0.2) is 12.2 Å². The first-order valence-electron chi connectivity index (χ1n) is 4.43. The lowest BCUT2D eigenvalue weighted by atomic mass is 10.2.